The molecule has 0 aliphatic heterocycles. The zero-order chi connectivity index (χ0) is 27.4. The summed E-state index contributed by atoms with van der Waals surface area (Å²) in [6, 6.07) is 10.6. The molecule has 0 amide bonds. The predicted molar refractivity (Wildman–Crippen MR) is 180 cm³/mol. The van der Waals surface area contributed by atoms with Gasteiger partial charge in [-0.2, -0.15) is 0 Å². The first-order valence-corrected chi connectivity index (χ1v) is 21.1. The number of rotatable bonds is 29. The van der Waals surface area contributed by atoms with Crippen LogP contribution in [0.1, 0.15) is 142 Å². The molecular formula is C32H59O2PS3. The molecule has 0 N–H and O–H groups in total. The van der Waals surface area contributed by atoms with Gasteiger partial charge >= 0.3 is 0 Å². The van der Waals surface area contributed by atoms with E-state index in [0.29, 0.717) is 0 Å². The average molecular weight is 603 g/mol. The van der Waals surface area contributed by atoms with Crippen LogP contribution in [-0.4, -0.2) is 24.7 Å². The molecule has 0 atom stereocenters. The molecule has 0 unspecified atom stereocenters. The molecule has 0 spiro atoms. The number of unbranched alkanes of at least 4 members (excludes halogenated alkanes) is 18. The topological polar surface area (TPSA) is 18.5 Å². The molecule has 0 saturated carbocycles. The molecule has 0 fully saturated rings. The van der Waals surface area contributed by atoms with Crippen molar-refractivity contribution in [3.05, 3.63) is 30.3 Å². The first-order chi connectivity index (χ1) is 18.7. The van der Waals surface area contributed by atoms with Gasteiger partial charge in [0.05, 0.1) is 13.2 Å². The Morgan fingerprint density at radius 2 is 0.947 bits per heavy atom. The summed E-state index contributed by atoms with van der Waals surface area (Å²) in [5.74, 6) is 2.02. The summed E-state index contributed by atoms with van der Waals surface area (Å²) in [4.78, 5) is 1.32. The summed E-state index contributed by atoms with van der Waals surface area (Å²) in [6.45, 7) is 6.08. The number of thioether (sulfide) groups is 1. The van der Waals surface area contributed by atoms with Crippen LogP contribution in [0.2, 0.25) is 0 Å². The van der Waals surface area contributed by atoms with Crippen LogP contribution in [-0.2, 0) is 20.9 Å². The highest BCUT2D eigenvalue weighted by Crippen LogP contribution is 2.61. The monoisotopic (exact) mass is 602 g/mol. The lowest BCUT2D eigenvalue weighted by molar-refractivity contribution is 0.249. The van der Waals surface area contributed by atoms with Gasteiger partial charge in [-0.15, -0.1) is 11.8 Å². The van der Waals surface area contributed by atoms with Crippen molar-refractivity contribution in [1.29, 1.82) is 0 Å². The van der Waals surface area contributed by atoms with Crippen molar-refractivity contribution < 1.29 is 9.05 Å². The van der Waals surface area contributed by atoms with Gasteiger partial charge in [0.25, 0.3) is 0 Å². The van der Waals surface area contributed by atoms with E-state index in [9.17, 15) is 0 Å². The Balaban J connectivity index is 2.21. The van der Waals surface area contributed by atoms with E-state index >= 15 is 0 Å². The van der Waals surface area contributed by atoms with Crippen molar-refractivity contribution in [1.82, 2.24) is 0 Å². The van der Waals surface area contributed by atoms with E-state index in [1.165, 1.54) is 120 Å². The summed E-state index contributed by atoms with van der Waals surface area (Å²) in [6.07, 6.45) is 26.8. The maximum Gasteiger partial charge on any atom is 0.247 e. The summed E-state index contributed by atoms with van der Waals surface area (Å²) >= 11 is 9.65. The molecule has 6 heteroatoms. The lowest BCUT2D eigenvalue weighted by atomic mass is 10.1. The molecule has 0 aromatic heterocycles. The van der Waals surface area contributed by atoms with Gasteiger partial charge in [-0.25, -0.2) is 0 Å². The molecule has 2 nitrogen and oxygen atoms in total. The molecule has 222 valence electrons. The highest BCUT2D eigenvalue weighted by molar-refractivity contribution is 8.68. The normalized spacial score (nSPS) is 11.8. The number of benzene rings is 1. The van der Waals surface area contributed by atoms with Crippen LogP contribution in [0, 0.1) is 0 Å². The van der Waals surface area contributed by atoms with Gasteiger partial charge in [-0.1, -0.05) is 159 Å². The molecule has 0 radical (unpaired) electrons. The lowest BCUT2D eigenvalue weighted by Crippen LogP contribution is -1.99. The summed E-state index contributed by atoms with van der Waals surface area (Å²) in [5.41, 5.74) is -2.26. The Hall–Kier alpha value is 0.490. The average Bonchev–Trinajstić information content (AvgIpc) is 2.93. The van der Waals surface area contributed by atoms with Gasteiger partial charge in [0.2, 0.25) is 5.69 Å². The maximum absolute atomic E-state index is 6.30. The van der Waals surface area contributed by atoms with E-state index in [0.717, 1.165) is 37.6 Å². The highest BCUT2D eigenvalue weighted by Gasteiger charge is 2.20. The van der Waals surface area contributed by atoms with E-state index in [1.807, 2.05) is 11.8 Å². The van der Waals surface area contributed by atoms with Crippen LogP contribution in [0.3, 0.4) is 0 Å². The fourth-order valence-electron chi connectivity index (χ4n) is 4.47. The third-order valence-electron chi connectivity index (χ3n) is 6.84. The second-order valence-corrected chi connectivity index (χ2v) is 18.1. The molecule has 0 saturated heterocycles. The minimum absolute atomic E-state index is 0.755. The first kappa shape index (κ1) is 36.5. The van der Waals surface area contributed by atoms with E-state index < -0.39 is 5.69 Å². The van der Waals surface area contributed by atoms with Crippen molar-refractivity contribution in [2.24, 2.45) is 0 Å². The Kier molecular flexibility index (Phi) is 26.6. The van der Waals surface area contributed by atoms with Gasteiger partial charge in [0, 0.05) is 16.4 Å². The minimum Gasteiger partial charge on any atom is -0.322 e. The van der Waals surface area contributed by atoms with Crippen molar-refractivity contribution >= 4 is 40.6 Å². The Morgan fingerprint density at radius 3 is 1.37 bits per heavy atom. The van der Waals surface area contributed by atoms with Gasteiger partial charge in [0.1, 0.15) is 0 Å². The Morgan fingerprint density at radius 1 is 0.553 bits per heavy atom. The van der Waals surface area contributed by atoms with Gasteiger partial charge in [-0.3, -0.25) is 0 Å². The SMILES string of the molecule is CCCCCCCCCCCCOP(=S)(OCCCCCCCCCCCC)SCCSc1ccccc1. The van der Waals surface area contributed by atoms with Crippen molar-refractivity contribution in [2.45, 2.75) is 147 Å². The standard InChI is InChI=1S/C32H59O2PS3/c1-3-5-7-9-11-13-15-17-19-24-28-33-35(36,38-31-30-37-32-26-22-21-23-27-32)34-29-25-20-18-16-14-12-10-8-6-4-2/h21-23,26-27H,3-20,24-25,28-31H2,1-2H3. The Bertz CT molecular complexity index is 629. The molecule has 0 bridgehead atoms. The lowest BCUT2D eigenvalue weighted by Gasteiger charge is -2.21. The van der Waals surface area contributed by atoms with Crippen LogP contribution < -0.4 is 0 Å². The second-order valence-electron chi connectivity index (χ2n) is 10.5. The van der Waals surface area contributed by atoms with Crippen LogP contribution >= 0.6 is 28.8 Å². The fourth-order valence-corrected chi connectivity index (χ4v) is 10.2. The minimum atomic E-state index is -2.26. The molecule has 1 aromatic carbocycles. The van der Waals surface area contributed by atoms with Crippen LogP contribution in [0.4, 0.5) is 0 Å². The smallest absolute Gasteiger partial charge is 0.247 e. The number of hydrogen-bond acceptors (Lipinski definition) is 5. The second kappa shape index (κ2) is 27.6. The van der Waals surface area contributed by atoms with E-state index in [4.69, 9.17) is 20.9 Å². The zero-order valence-electron chi connectivity index (χ0n) is 24.8. The predicted octanol–water partition coefficient (Wildman–Crippen LogP) is 12.6. The molecule has 1 aromatic rings. The zero-order valence-corrected chi connectivity index (χ0v) is 28.2. The first-order valence-electron chi connectivity index (χ1n) is 15.9. The van der Waals surface area contributed by atoms with Crippen LogP contribution in [0.15, 0.2) is 35.2 Å². The summed E-state index contributed by atoms with van der Waals surface area (Å²) < 4.78 is 12.6. The largest absolute Gasteiger partial charge is 0.322 e. The summed E-state index contributed by atoms with van der Waals surface area (Å²) in [5, 5.41) is 0. The van der Waals surface area contributed by atoms with Gasteiger partial charge in [0.15, 0.2) is 0 Å². The quantitative estimate of drug-likeness (QED) is 0.0514. The van der Waals surface area contributed by atoms with Gasteiger partial charge < -0.3 is 9.05 Å². The van der Waals surface area contributed by atoms with Crippen molar-refractivity contribution in [2.75, 3.05) is 24.7 Å². The molecule has 0 aliphatic carbocycles. The van der Waals surface area contributed by atoms with Crippen molar-refractivity contribution in [3.63, 3.8) is 0 Å². The molecule has 38 heavy (non-hydrogen) atoms. The fraction of sp³-hybridized carbons (Fsp3) is 0.812. The molecule has 0 aliphatic rings. The van der Waals surface area contributed by atoms with E-state index in [2.05, 4.69) is 44.2 Å². The Labute approximate surface area is 250 Å². The van der Waals surface area contributed by atoms with E-state index in [1.54, 1.807) is 11.4 Å². The van der Waals surface area contributed by atoms with Gasteiger partial charge in [-0.05, 0) is 36.8 Å². The number of hydrogen-bond donors (Lipinski definition) is 0. The van der Waals surface area contributed by atoms with Crippen molar-refractivity contribution in [3.8, 4) is 0 Å². The van der Waals surface area contributed by atoms with Crippen LogP contribution in [0.5, 0.6) is 0 Å². The highest BCUT2D eigenvalue weighted by atomic mass is 32.9. The molecule has 0 heterocycles. The summed E-state index contributed by atoms with van der Waals surface area (Å²) in [7, 11) is 0. The molecule has 1 rings (SSSR count). The van der Waals surface area contributed by atoms with E-state index in [-0.39, 0.29) is 0 Å². The molecular weight excluding hydrogens is 544 g/mol. The third kappa shape index (κ3) is 23.2. The van der Waals surface area contributed by atoms with Crippen LogP contribution in [0.25, 0.3) is 0 Å². The maximum atomic E-state index is 6.30. The third-order valence-corrected chi connectivity index (χ3v) is 13.5.